The summed E-state index contributed by atoms with van der Waals surface area (Å²) in [5.74, 6) is 0. The molecule has 0 atom stereocenters. The van der Waals surface area contributed by atoms with E-state index in [1.54, 1.807) is 11.7 Å². The molecule has 1 aromatic heterocycles. The van der Waals surface area contributed by atoms with Crippen molar-refractivity contribution in [2.24, 2.45) is 7.05 Å². The monoisotopic (exact) mass is 288 g/mol. The van der Waals surface area contributed by atoms with Crippen molar-refractivity contribution in [1.82, 2.24) is 25.5 Å². The molecule has 0 amide bonds. The molecule has 0 aliphatic carbocycles. The summed E-state index contributed by atoms with van der Waals surface area (Å²) in [5.41, 5.74) is 1.73. The zero-order valence-corrected chi connectivity index (χ0v) is 12.5. The fourth-order valence-electron chi connectivity index (χ4n) is 1.59. The van der Waals surface area contributed by atoms with E-state index in [1.807, 2.05) is 18.2 Å². The number of tetrazole rings is 1. The third kappa shape index (κ3) is 3.56. The molecule has 0 aliphatic heterocycles. The molecule has 104 valence electrons. The molecule has 1 heterocycles. The molecule has 0 unspecified atom stereocenters. The lowest BCUT2D eigenvalue weighted by atomic mass is 10.1. The van der Waals surface area contributed by atoms with Gasteiger partial charge in [-0.2, -0.15) is 5.26 Å². The van der Waals surface area contributed by atoms with Crippen LogP contribution in [0.3, 0.4) is 0 Å². The average Bonchev–Trinajstić information content (AvgIpc) is 2.83. The molecule has 2 aromatic rings. The van der Waals surface area contributed by atoms with Crippen molar-refractivity contribution in [3.05, 3.63) is 29.3 Å². The first-order valence-corrected chi connectivity index (χ1v) is 7.08. The van der Waals surface area contributed by atoms with Crippen molar-refractivity contribution < 1.29 is 0 Å². The van der Waals surface area contributed by atoms with Gasteiger partial charge in [0.1, 0.15) is 6.07 Å². The van der Waals surface area contributed by atoms with Gasteiger partial charge in [0.05, 0.1) is 5.56 Å². The van der Waals surface area contributed by atoms with Gasteiger partial charge in [0, 0.05) is 24.5 Å². The Morgan fingerprint density at radius 3 is 2.85 bits per heavy atom. The van der Waals surface area contributed by atoms with Gasteiger partial charge in [0.25, 0.3) is 0 Å². The van der Waals surface area contributed by atoms with E-state index in [9.17, 15) is 5.26 Å². The first-order valence-electron chi connectivity index (χ1n) is 6.26. The molecule has 0 saturated carbocycles. The number of aromatic nitrogens is 4. The second-order valence-corrected chi connectivity index (χ2v) is 5.67. The highest BCUT2D eigenvalue weighted by molar-refractivity contribution is 7.99. The minimum absolute atomic E-state index is 0.416. The molecule has 0 aliphatic rings. The van der Waals surface area contributed by atoms with Gasteiger partial charge in [-0.05, 0) is 39.9 Å². The smallest absolute Gasteiger partial charge is 0.213 e. The molecule has 0 fully saturated rings. The van der Waals surface area contributed by atoms with Crippen LogP contribution in [0.4, 0.5) is 0 Å². The Balaban J connectivity index is 2.18. The SMILES string of the molecule is CC(C)NCc1ccc(Sc2nnnn2C)c(C#N)c1. The minimum Gasteiger partial charge on any atom is -0.310 e. The van der Waals surface area contributed by atoms with Crippen LogP contribution in [0.15, 0.2) is 28.3 Å². The van der Waals surface area contributed by atoms with Crippen LogP contribution in [0.2, 0.25) is 0 Å². The number of hydrogen-bond acceptors (Lipinski definition) is 6. The van der Waals surface area contributed by atoms with Crippen molar-refractivity contribution in [3.63, 3.8) is 0 Å². The first kappa shape index (κ1) is 14.5. The quantitative estimate of drug-likeness (QED) is 0.902. The molecule has 6 nitrogen and oxygen atoms in total. The molecule has 2 rings (SSSR count). The van der Waals surface area contributed by atoms with Crippen LogP contribution < -0.4 is 5.32 Å². The summed E-state index contributed by atoms with van der Waals surface area (Å²) in [6.07, 6.45) is 0. The van der Waals surface area contributed by atoms with Crippen LogP contribution in [-0.4, -0.2) is 26.2 Å². The van der Waals surface area contributed by atoms with E-state index in [0.717, 1.165) is 17.0 Å². The predicted molar refractivity (Wildman–Crippen MR) is 76.1 cm³/mol. The van der Waals surface area contributed by atoms with Crippen LogP contribution in [-0.2, 0) is 13.6 Å². The number of nitrogens with one attached hydrogen (secondary N) is 1. The predicted octanol–water partition coefficient (Wildman–Crippen LogP) is 1.73. The van der Waals surface area contributed by atoms with Crippen LogP contribution in [0.5, 0.6) is 0 Å². The zero-order valence-electron chi connectivity index (χ0n) is 11.7. The van der Waals surface area contributed by atoms with Gasteiger partial charge in [-0.25, -0.2) is 4.68 Å². The molecule has 20 heavy (non-hydrogen) atoms. The third-order valence-electron chi connectivity index (χ3n) is 2.66. The fourth-order valence-corrected chi connectivity index (χ4v) is 2.38. The number of nitrogens with zero attached hydrogens (tertiary/aromatic N) is 5. The Morgan fingerprint density at radius 2 is 2.25 bits per heavy atom. The van der Waals surface area contributed by atoms with Crippen molar-refractivity contribution in [1.29, 1.82) is 5.26 Å². The maximum atomic E-state index is 9.28. The highest BCUT2D eigenvalue weighted by Crippen LogP contribution is 2.28. The van der Waals surface area contributed by atoms with Crippen LogP contribution >= 0.6 is 11.8 Å². The lowest BCUT2D eigenvalue weighted by molar-refractivity contribution is 0.588. The molecule has 0 spiro atoms. The number of benzene rings is 1. The zero-order chi connectivity index (χ0) is 14.5. The van der Waals surface area contributed by atoms with Crippen molar-refractivity contribution in [2.75, 3.05) is 0 Å². The highest BCUT2D eigenvalue weighted by atomic mass is 32.2. The van der Waals surface area contributed by atoms with Crippen molar-refractivity contribution in [2.45, 2.75) is 36.5 Å². The molecule has 0 bridgehead atoms. The summed E-state index contributed by atoms with van der Waals surface area (Å²) in [6.45, 7) is 4.94. The van der Waals surface area contributed by atoms with Gasteiger partial charge in [-0.15, -0.1) is 5.10 Å². The second-order valence-electron chi connectivity index (χ2n) is 4.67. The van der Waals surface area contributed by atoms with E-state index >= 15 is 0 Å². The Bertz CT molecular complexity index is 628. The van der Waals surface area contributed by atoms with Crippen LogP contribution in [0.1, 0.15) is 25.0 Å². The normalized spacial score (nSPS) is 10.8. The number of nitriles is 1. The average molecular weight is 288 g/mol. The topological polar surface area (TPSA) is 79.4 Å². The van der Waals surface area contributed by atoms with E-state index < -0.39 is 0 Å². The van der Waals surface area contributed by atoms with E-state index in [2.05, 4.69) is 40.8 Å². The molecular formula is C13H16N6S. The molecule has 0 radical (unpaired) electrons. The summed E-state index contributed by atoms with van der Waals surface area (Å²) < 4.78 is 1.58. The highest BCUT2D eigenvalue weighted by Gasteiger charge is 2.10. The summed E-state index contributed by atoms with van der Waals surface area (Å²) in [4.78, 5) is 0.860. The number of hydrogen-bond donors (Lipinski definition) is 1. The maximum absolute atomic E-state index is 9.28. The first-order chi connectivity index (χ1) is 9.60. The van der Waals surface area contributed by atoms with Gasteiger partial charge in [-0.1, -0.05) is 19.9 Å². The van der Waals surface area contributed by atoms with E-state index in [-0.39, 0.29) is 0 Å². The molecule has 1 aromatic carbocycles. The maximum Gasteiger partial charge on any atom is 0.213 e. The van der Waals surface area contributed by atoms with Gasteiger partial charge >= 0.3 is 0 Å². The number of rotatable bonds is 5. The lowest BCUT2D eigenvalue weighted by Crippen LogP contribution is -2.21. The van der Waals surface area contributed by atoms with Gasteiger partial charge < -0.3 is 5.32 Å². The van der Waals surface area contributed by atoms with Gasteiger partial charge in [0.2, 0.25) is 5.16 Å². The Hall–Kier alpha value is -1.91. The van der Waals surface area contributed by atoms with E-state index in [1.165, 1.54) is 11.8 Å². The molecule has 0 saturated heterocycles. The fraction of sp³-hybridized carbons (Fsp3) is 0.385. The van der Waals surface area contributed by atoms with Gasteiger partial charge in [0.15, 0.2) is 0 Å². The van der Waals surface area contributed by atoms with Crippen LogP contribution in [0.25, 0.3) is 0 Å². The largest absolute Gasteiger partial charge is 0.310 e. The molecule has 1 N–H and O–H groups in total. The summed E-state index contributed by atoms with van der Waals surface area (Å²) in [7, 11) is 1.77. The Labute approximate surface area is 122 Å². The minimum atomic E-state index is 0.416. The Morgan fingerprint density at radius 1 is 1.45 bits per heavy atom. The Kier molecular flexibility index (Phi) is 4.71. The van der Waals surface area contributed by atoms with Crippen molar-refractivity contribution >= 4 is 11.8 Å². The van der Waals surface area contributed by atoms with E-state index in [0.29, 0.717) is 16.8 Å². The summed E-state index contributed by atoms with van der Waals surface area (Å²) in [5, 5.41) is 24.5. The van der Waals surface area contributed by atoms with Gasteiger partial charge in [-0.3, -0.25) is 0 Å². The third-order valence-corrected chi connectivity index (χ3v) is 3.77. The summed E-state index contributed by atoms with van der Waals surface area (Å²) in [6, 6.07) is 8.51. The standard InChI is InChI=1S/C13H16N6S/c1-9(2)15-8-10-4-5-12(11(6-10)7-14)20-13-16-17-18-19(13)3/h4-6,9,15H,8H2,1-3H3. The van der Waals surface area contributed by atoms with Crippen LogP contribution in [0, 0.1) is 11.3 Å². The second kappa shape index (κ2) is 6.50. The number of aryl methyl sites for hydroxylation is 1. The molecule has 7 heteroatoms. The molecular weight excluding hydrogens is 272 g/mol. The lowest BCUT2D eigenvalue weighted by Gasteiger charge is -2.09. The van der Waals surface area contributed by atoms with Crippen molar-refractivity contribution in [3.8, 4) is 6.07 Å². The summed E-state index contributed by atoms with van der Waals surface area (Å²) >= 11 is 1.39. The van der Waals surface area contributed by atoms with E-state index in [4.69, 9.17) is 0 Å².